The molecule has 0 radical (unpaired) electrons. The molecule has 0 fully saturated rings. The molecule has 0 aromatic carbocycles. The number of unbranched alkanes of at least 4 members (excludes halogenated alkanes) is 37. The number of carbonyl (C=O) groups is 2. The smallest absolute Gasteiger partial charge is 0.310 e. The normalized spacial score (nSPS) is 13.6. The van der Waals surface area contributed by atoms with Gasteiger partial charge in [-0.1, -0.05) is 312 Å². The van der Waals surface area contributed by atoms with Gasteiger partial charge in [-0.25, -0.2) is 0 Å². The lowest BCUT2D eigenvalue weighted by Crippen LogP contribution is -2.37. The van der Waals surface area contributed by atoms with Crippen LogP contribution in [0.25, 0.3) is 0 Å². The average molecular weight is 1100 g/mol. The highest BCUT2D eigenvalue weighted by Gasteiger charge is 2.21. The maximum absolute atomic E-state index is 12.7. The first-order valence-electron chi connectivity index (χ1n) is 32.5. The van der Waals surface area contributed by atoms with E-state index in [2.05, 4.69) is 56.4 Å². The van der Waals surface area contributed by atoms with Crippen molar-refractivity contribution in [2.45, 2.75) is 309 Å². The number of allylic oxidation sites excluding steroid dienone is 9. The molecule has 77 heavy (non-hydrogen) atoms. The quantitative estimate of drug-likeness (QED) is 0.0195. The van der Waals surface area contributed by atoms with Gasteiger partial charge in [0.05, 0.1) is 34.2 Å². The highest BCUT2D eigenvalue weighted by Crippen LogP contribution is 2.38. The molecule has 0 heterocycles. The molecule has 0 aliphatic heterocycles. The first-order chi connectivity index (χ1) is 37.5. The summed E-state index contributed by atoms with van der Waals surface area (Å²) in [5.74, 6) is -0.973. The van der Waals surface area contributed by atoms with Crippen molar-refractivity contribution in [1.29, 1.82) is 0 Å². The molecule has 0 spiro atoms. The largest absolute Gasteiger partial charge is 0.756 e. The fourth-order valence-corrected chi connectivity index (χ4v) is 10.1. The van der Waals surface area contributed by atoms with Crippen LogP contribution in [0.3, 0.4) is 0 Å². The van der Waals surface area contributed by atoms with Crippen LogP contribution in [0.1, 0.15) is 303 Å². The Morgan fingerprint density at radius 2 is 0.727 bits per heavy atom. The summed E-state index contributed by atoms with van der Waals surface area (Å²) in [4.78, 5) is 37.7. The van der Waals surface area contributed by atoms with Crippen molar-refractivity contribution in [2.75, 3.05) is 47.5 Å². The van der Waals surface area contributed by atoms with Gasteiger partial charge in [-0.15, -0.1) is 0 Å². The zero-order valence-electron chi connectivity index (χ0n) is 51.2. The highest BCUT2D eigenvalue weighted by atomic mass is 31.2. The molecule has 0 N–H and O–H groups in total. The SMILES string of the molecule is CC/C=C\C/C=C\C/C=C\C/C=C\C/C=C\CC(=O)OC(COC(=O)CCCCCCCCCCCCCCCCCCCCCCCCCCCCCCCCCCCCCCCC)COP(=O)([O-])OCC[N+](C)(C)C. The number of hydrogen-bond donors (Lipinski definition) is 0. The molecule has 0 aromatic rings. The van der Waals surface area contributed by atoms with E-state index in [1.807, 2.05) is 33.3 Å². The Balaban J connectivity index is 3.91. The predicted molar refractivity (Wildman–Crippen MR) is 328 cm³/mol. The van der Waals surface area contributed by atoms with Crippen LogP contribution in [-0.4, -0.2) is 70.0 Å². The van der Waals surface area contributed by atoms with E-state index in [0.717, 1.165) is 44.9 Å². The van der Waals surface area contributed by atoms with Gasteiger partial charge in [-0.3, -0.25) is 14.2 Å². The van der Waals surface area contributed by atoms with E-state index in [9.17, 15) is 19.0 Å². The number of phosphoric acid groups is 1. The summed E-state index contributed by atoms with van der Waals surface area (Å²) < 4.78 is 34.0. The Morgan fingerprint density at radius 3 is 1.05 bits per heavy atom. The fraction of sp³-hybridized carbons (Fsp3) is 0.821. The van der Waals surface area contributed by atoms with Crippen molar-refractivity contribution in [3.05, 3.63) is 60.8 Å². The summed E-state index contributed by atoms with van der Waals surface area (Å²) in [5.41, 5.74) is 0. The lowest BCUT2D eigenvalue weighted by molar-refractivity contribution is -0.870. The van der Waals surface area contributed by atoms with E-state index in [0.29, 0.717) is 17.4 Å². The number of hydrogen-bond acceptors (Lipinski definition) is 8. The fourth-order valence-electron chi connectivity index (χ4n) is 9.38. The molecule has 0 aliphatic carbocycles. The number of nitrogens with zero attached hydrogens (tertiary/aromatic N) is 1. The van der Waals surface area contributed by atoms with Gasteiger partial charge < -0.3 is 27.9 Å². The van der Waals surface area contributed by atoms with Gasteiger partial charge in [0.2, 0.25) is 0 Å². The zero-order chi connectivity index (χ0) is 56.3. The van der Waals surface area contributed by atoms with Crippen molar-refractivity contribution in [3.8, 4) is 0 Å². The first-order valence-corrected chi connectivity index (χ1v) is 34.0. The minimum absolute atomic E-state index is 0.00717. The van der Waals surface area contributed by atoms with E-state index in [1.54, 1.807) is 6.08 Å². The number of carbonyl (C=O) groups excluding carboxylic acids is 2. The number of ether oxygens (including phenoxy) is 2. The van der Waals surface area contributed by atoms with Crippen LogP contribution < -0.4 is 4.89 Å². The Bertz CT molecular complexity index is 1480. The minimum Gasteiger partial charge on any atom is -0.756 e. The Labute approximate surface area is 476 Å². The molecule has 9 nitrogen and oxygen atoms in total. The summed E-state index contributed by atoms with van der Waals surface area (Å²) in [7, 11) is 1.11. The number of phosphoric ester groups is 1. The topological polar surface area (TPSA) is 111 Å². The maximum atomic E-state index is 12.7. The van der Waals surface area contributed by atoms with Gasteiger partial charge in [0.15, 0.2) is 6.10 Å². The summed E-state index contributed by atoms with van der Waals surface area (Å²) in [6.45, 7) is 4.04. The van der Waals surface area contributed by atoms with Crippen molar-refractivity contribution >= 4 is 19.8 Å². The number of quaternary nitrogens is 1. The Morgan fingerprint density at radius 1 is 0.416 bits per heavy atom. The predicted octanol–water partition coefficient (Wildman–Crippen LogP) is 20.0. The number of likely N-dealkylation sites (N-methyl/N-ethyl adjacent to an activating group) is 1. The van der Waals surface area contributed by atoms with E-state index >= 15 is 0 Å². The van der Waals surface area contributed by atoms with Crippen LogP contribution in [0.15, 0.2) is 60.8 Å². The molecule has 0 amide bonds. The highest BCUT2D eigenvalue weighted by molar-refractivity contribution is 7.45. The van der Waals surface area contributed by atoms with E-state index in [4.69, 9.17) is 18.5 Å². The van der Waals surface area contributed by atoms with Gasteiger partial charge in [-0.2, -0.15) is 0 Å². The lowest BCUT2D eigenvalue weighted by atomic mass is 10.0. The monoisotopic (exact) mass is 1100 g/mol. The Hall–Kier alpha value is -2.29. The van der Waals surface area contributed by atoms with Crippen molar-refractivity contribution in [1.82, 2.24) is 0 Å². The van der Waals surface area contributed by atoms with Crippen molar-refractivity contribution in [2.24, 2.45) is 0 Å². The van der Waals surface area contributed by atoms with Crippen LogP contribution in [-0.2, 0) is 32.7 Å². The number of rotatable bonds is 60. The third kappa shape index (κ3) is 62.8. The molecule has 0 bridgehead atoms. The molecule has 0 aromatic heterocycles. The summed E-state index contributed by atoms with van der Waals surface area (Å²) in [5, 5.41) is 0. The van der Waals surface area contributed by atoms with Crippen LogP contribution in [0, 0.1) is 0 Å². The second kappa shape index (κ2) is 58.4. The molecule has 2 unspecified atom stereocenters. The zero-order valence-corrected chi connectivity index (χ0v) is 52.1. The lowest BCUT2D eigenvalue weighted by Gasteiger charge is -2.28. The van der Waals surface area contributed by atoms with Crippen molar-refractivity contribution in [3.63, 3.8) is 0 Å². The van der Waals surface area contributed by atoms with E-state index < -0.39 is 32.5 Å². The molecular formula is C67H124NO8P. The number of esters is 2. The van der Waals surface area contributed by atoms with Crippen LogP contribution in [0.4, 0.5) is 0 Å². The Kier molecular flexibility index (Phi) is 56.6. The van der Waals surface area contributed by atoms with E-state index in [-0.39, 0.29) is 26.1 Å². The maximum Gasteiger partial charge on any atom is 0.310 e. The third-order valence-corrected chi connectivity index (χ3v) is 15.3. The molecule has 450 valence electrons. The van der Waals surface area contributed by atoms with Crippen LogP contribution >= 0.6 is 7.82 Å². The van der Waals surface area contributed by atoms with Crippen LogP contribution in [0.5, 0.6) is 0 Å². The van der Waals surface area contributed by atoms with Gasteiger partial charge in [0.25, 0.3) is 7.82 Å². The summed E-state index contributed by atoms with van der Waals surface area (Å²) in [6, 6.07) is 0. The van der Waals surface area contributed by atoms with Gasteiger partial charge in [0.1, 0.15) is 19.8 Å². The molecule has 0 rings (SSSR count). The first kappa shape index (κ1) is 74.7. The van der Waals surface area contributed by atoms with Gasteiger partial charge in [0, 0.05) is 6.42 Å². The van der Waals surface area contributed by atoms with E-state index in [1.165, 1.54) is 225 Å². The van der Waals surface area contributed by atoms with Gasteiger partial charge in [-0.05, 0) is 38.5 Å². The standard InChI is InChI=1S/C67H124NO8P/c1-6-8-10-12-14-16-18-20-22-23-24-25-26-27-28-29-30-31-32-33-34-35-36-37-38-39-40-41-42-43-44-46-47-49-51-53-55-57-59-66(69)73-63-65(64-75-77(71,72)74-62-61-68(3,4)5)76-67(70)60-58-56-54-52-50-48-45-21-19-17-15-13-11-9-7-2/h9,11,15,17,21,45,50,52,56,58,65H,6-8,10,12-14,16,18-20,22-44,46-49,51,53-55,57,59-64H2,1-5H3/b11-9-,17-15-,45-21-,52-50-,58-56-. The van der Waals surface area contributed by atoms with Gasteiger partial charge >= 0.3 is 11.9 Å². The second-order valence-corrected chi connectivity index (χ2v) is 24.5. The van der Waals surface area contributed by atoms with Crippen LogP contribution in [0.2, 0.25) is 0 Å². The molecule has 0 saturated heterocycles. The summed E-state index contributed by atoms with van der Waals surface area (Å²) >= 11 is 0. The third-order valence-electron chi connectivity index (χ3n) is 14.3. The molecule has 2 atom stereocenters. The van der Waals surface area contributed by atoms with Crippen molar-refractivity contribution < 1.29 is 42.1 Å². The molecule has 0 aliphatic rings. The molecule has 10 heteroatoms. The second-order valence-electron chi connectivity index (χ2n) is 23.1. The molecular weight excluding hydrogens is 978 g/mol. The summed E-state index contributed by atoms with van der Waals surface area (Å²) in [6.07, 6.45) is 76.6. The average Bonchev–Trinajstić information content (AvgIpc) is 3.39. The molecule has 0 saturated carbocycles. The minimum atomic E-state index is -4.66.